The molecule has 1 atom stereocenters. The lowest BCUT2D eigenvalue weighted by molar-refractivity contribution is -0.137. The molecular formula is C9H15N3O2. The zero-order valence-electron chi connectivity index (χ0n) is 8.40. The van der Waals surface area contributed by atoms with Crippen LogP contribution in [0.2, 0.25) is 0 Å². The standard InChI is InChI=1S/C9H15N3O2/c1-3-12-6-7(5-11-12)8(10-2)4-9(13)14/h5-6,8,10H,3-4H2,1-2H3,(H,13,14). The van der Waals surface area contributed by atoms with Crippen molar-refractivity contribution in [3.05, 3.63) is 18.0 Å². The van der Waals surface area contributed by atoms with E-state index in [9.17, 15) is 4.79 Å². The number of nitrogens with one attached hydrogen (secondary N) is 1. The zero-order chi connectivity index (χ0) is 10.6. The summed E-state index contributed by atoms with van der Waals surface area (Å²) in [7, 11) is 1.75. The third kappa shape index (κ3) is 2.56. The van der Waals surface area contributed by atoms with Gasteiger partial charge in [-0.25, -0.2) is 0 Å². The molecule has 0 spiro atoms. The van der Waals surface area contributed by atoms with Gasteiger partial charge in [0.05, 0.1) is 12.6 Å². The van der Waals surface area contributed by atoms with Crippen LogP contribution in [0.3, 0.4) is 0 Å². The number of hydrogen-bond donors (Lipinski definition) is 2. The molecule has 0 aliphatic carbocycles. The van der Waals surface area contributed by atoms with Gasteiger partial charge in [0.1, 0.15) is 0 Å². The van der Waals surface area contributed by atoms with Crippen molar-refractivity contribution < 1.29 is 9.90 Å². The van der Waals surface area contributed by atoms with Crippen molar-refractivity contribution >= 4 is 5.97 Å². The molecule has 1 unspecified atom stereocenters. The molecule has 14 heavy (non-hydrogen) atoms. The minimum atomic E-state index is -0.811. The smallest absolute Gasteiger partial charge is 0.305 e. The SMILES string of the molecule is CCn1cc(C(CC(=O)O)NC)cn1. The first-order valence-electron chi connectivity index (χ1n) is 4.58. The molecule has 2 N–H and O–H groups in total. The van der Waals surface area contributed by atoms with Crippen molar-refractivity contribution in [1.82, 2.24) is 15.1 Å². The summed E-state index contributed by atoms with van der Waals surface area (Å²) in [6.45, 7) is 2.78. The topological polar surface area (TPSA) is 67.2 Å². The minimum absolute atomic E-state index is 0.0753. The second-order valence-corrected chi connectivity index (χ2v) is 3.07. The Kier molecular flexibility index (Phi) is 3.64. The molecule has 0 saturated carbocycles. The Balaban J connectivity index is 2.73. The van der Waals surface area contributed by atoms with Gasteiger partial charge in [0.2, 0.25) is 0 Å². The number of nitrogens with zero attached hydrogens (tertiary/aromatic N) is 2. The third-order valence-electron chi connectivity index (χ3n) is 2.11. The Morgan fingerprint density at radius 3 is 2.93 bits per heavy atom. The first-order chi connectivity index (χ1) is 6.67. The van der Waals surface area contributed by atoms with E-state index in [4.69, 9.17) is 5.11 Å². The Morgan fingerprint density at radius 1 is 1.79 bits per heavy atom. The first-order valence-corrected chi connectivity index (χ1v) is 4.58. The molecule has 1 rings (SSSR count). The van der Waals surface area contributed by atoms with Crippen LogP contribution in [0, 0.1) is 0 Å². The summed E-state index contributed by atoms with van der Waals surface area (Å²) < 4.78 is 1.78. The van der Waals surface area contributed by atoms with Gasteiger partial charge in [0, 0.05) is 24.3 Å². The molecule has 0 radical (unpaired) electrons. The number of hydrogen-bond acceptors (Lipinski definition) is 3. The van der Waals surface area contributed by atoms with Crippen LogP contribution in [0.5, 0.6) is 0 Å². The van der Waals surface area contributed by atoms with Gasteiger partial charge in [-0.15, -0.1) is 0 Å². The lowest BCUT2D eigenvalue weighted by Crippen LogP contribution is -2.19. The van der Waals surface area contributed by atoms with Gasteiger partial charge in [-0.05, 0) is 14.0 Å². The molecule has 5 nitrogen and oxygen atoms in total. The fourth-order valence-electron chi connectivity index (χ4n) is 1.29. The average Bonchev–Trinajstić information content (AvgIpc) is 2.62. The van der Waals surface area contributed by atoms with Crippen molar-refractivity contribution in [2.24, 2.45) is 0 Å². The van der Waals surface area contributed by atoms with Gasteiger partial charge >= 0.3 is 5.97 Å². The van der Waals surface area contributed by atoms with E-state index in [0.717, 1.165) is 12.1 Å². The monoisotopic (exact) mass is 197 g/mol. The molecule has 0 bridgehead atoms. The van der Waals surface area contributed by atoms with Gasteiger partial charge in [-0.1, -0.05) is 0 Å². The Hall–Kier alpha value is -1.36. The largest absolute Gasteiger partial charge is 0.481 e. The quantitative estimate of drug-likeness (QED) is 0.726. The van der Waals surface area contributed by atoms with Crippen LogP contribution in [0.1, 0.15) is 24.9 Å². The molecule has 1 heterocycles. The molecule has 0 amide bonds. The van der Waals surface area contributed by atoms with E-state index >= 15 is 0 Å². The summed E-state index contributed by atoms with van der Waals surface area (Å²) >= 11 is 0. The van der Waals surface area contributed by atoms with Gasteiger partial charge in [-0.3, -0.25) is 9.48 Å². The van der Waals surface area contributed by atoms with Crippen LogP contribution in [0.25, 0.3) is 0 Å². The highest BCUT2D eigenvalue weighted by atomic mass is 16.4. The maximum atomic E-state index is 10.6. The molecule has 0 saturated heterocycles. The fraction of sp³-hybridized carbons (Fsp3) is 0.556. The number of carboxylic acid groups (broad SMARTS) is 1. The van der Waals surface area contributed by atoms with Gasteiger partial charge in [0.15, 0.2) is 0 Å². The molecule has 0 fully saturated rings. The highest BCUT2D eigenvalue weighted by molar-refractivity contribution is 5.67. The molecule has 5 heteroatoms. The summed E-state index contributed by atoms with van der Waals surface area (Å²) in [6, 6.07) is -0.159. The van der Waals surface area contributed by atoms with E-state index in [1.807, 2.05) is 13.1 Å². The van der Waals surface area contributed by atoms with Crippen LogP contribution in [0.4, 0.5) is 0 Å². The van der Waals surface area contributed by atoms with Crippen LogP contribution in [-0.4, -0.2) is 27.9 Å². The number of aliphatic carboxylic acids is 1. The molecule has 1 aromatic rings. The summed E-state index contributed by atoms with van der Waals surface area (Å²) in [4.78, 5) is 10.6. The summed E-state index contributed by atoms with van der Waals surface area (Å²) in [5, 5.41) is 15.7. The van der Waals surface area contributed by atoms with Crippen molar-refractivity contribution in [2.45, 2.75) is 25.9 Å². The van der Waals surface area contributed by atoms with E-state index in [1.54, 1.807) is 17.9 Å². The van der Waals surface area contributed by atoms with Gasteiger partial charge < -0.3 is 10.4 Å². The summed E-state index contributed by atoms with van der Waals surface area (Å²) in [5.74, 6) is -0.811. The maximum Gasteiger partial charge on any atom is 0.305 e. The first kappa shape index (κ1) is 10.7. The van der Waals surface area contributed by atoms with E-state index in [-0.39, 0.29) is 12.5 Å². The highest BCUT2D eigenvalue weighted by Gasteiger charge is 2.14. The fourth-order valence-corrected chi connectivity index (χ4v) is 1.29. The minimum Gasteiger partial charge on any atom is -0.481 e. The lowest BCUT2D eigenvalue weighted by atomic mass is 10.1. The van der Waals surface area contributed by atoms with Crippen molar-refractivity contribution in [1.29, 1.82) is 0 Å². The normalized spacial score (nSPS) is 12.7. The number of rotatable bonds is 5. The van der Waals surface area contributed by atoms with E-state index in [1.165, 1.54) is 0 Å². The zero-order valence-corrected chi connectivity index (χ0v) is 8.40. The van der Waals surface area contributed by atoms with E-state index in [0.29, 0.717) is 0 Å². The highest BCUT2D eigenvalue weighted by Crippen LogP contribution is 2.15. The average molecular weight is 197 g/mol. The third-order valence-corrected chi connectivity index (χ3v) is 2.11. The molecular weight excluding hydrogens is 182 g/mol. The second-order valence-electron chi connectivity index (χ2n) is 3.07. The molecule has 0 aliphatic rings. The summed E-state index contributed by atoms with van der Waals surface area (Å²) in [5.41, 5.74) is 0.914. The van der Waals surface area contributed by atoms with Crippen LogP contribution in [0.15, 0.2) is 12.4 Å². The second kappa shape index (κ2) is 4.76. The maximum absolute atomic E-state index is 10.6. The van der Waals surface area contributed by atoms with Crippen molar-refractivity contribution in [2.75, 3.05) is 7.05 Å². The van der Waals surface area contributed by atoms with Crippen molar-refractivity contribution in [3.8, 4) is 0 Å². The number of carbonyl (C=O) groups is 1. The Labute approximate surface area is 82.7 Å². The molecule has 1 aromatic heterocycles. The van der Waals surface area contributed by atoms with Crippen LogP contribution < -0.4 is 5.32 Å². The summed E-state index contributed by atoms with van der Waals surface area (Å²) in [6.07, 6.45) is 3.64. The Morgan fingerprint density at radius 2 is 2.50 bits per heavy atom. The number of aromatic nitrogens is 2. The predicted molar refractivity (Wildman–Crippen MR) is 52.0 cm³/mol. The van der Waals surface area contributed by atoms with Crippen LogP contribution >= 0.6 is 0 Å². The predicted octanol–water partition coefficient (Wildman–Crippen LogP) is 0.638. The van der Waals surface area contributed by atoms with Gasteiger partial charge in [0.25, 0.3) is 0 Å². The Bertz CT molecular complexity index is 309. The molecule has 0 aromatic carbocycles. The lowest BCUT2D eigenvalue weighted by Gasteiger charge is -2.10. The van der Waals surface area contributed by atoms with E-state index in [2.05, 4.69) is 10.4 Å². The van der Waals surface area contributed by atoms with E-state index < -0.39 is 5.97 Å². The van der Waals surface area contributed by atoms with Crippen LogP contribution in [-0.2, 0) is 11.3 Å². The molecule has 0 aliphatic heterocycles. The molecule has 78 valence electrons. The number of aryl methyl sites for hydroxylation is 1. The number of carboxylic acids is 1. The van der Waals surface area contributed by atoms with Crippen molar-refractivity contribution in [3.63, 3.8) is 0 Å². The van der Waals surface area contributed by atoms with Gasteiger partial charge in [-0.2, -0.15) is 5.10 Å².